The maximum absolute atomic E-state index is 2.26. The fraction of sp³-hybridized carbons (Fsp3) is 0.333. The Bertz CT molecular complexity index is 495. The van der Waals surface area contributed by atoms with E-state index in [0.29, 0.717) is 0 Å². The zero-order valence-electron chi connectivity index (χ0n) is 12.2. The van der Waals surface area contributed by atoms with Crippen LogP contribution in [0.25, 0.3) is 0 Å². The summed E-state index contributed by atoms with van der Waals surface area (Å²) in [7, 11) is 0. The van der Waals surface area contributed by atoms with Crippen LogP contribution in [0, 0.1) is 20.8 Å². The fourth-order valence-electron chi connectivity index (χ4n) is 2.06. The third-order valence-electron chi connectivity index (χ3n) is 3.14. The van der Waals surface area contributed by atoms with E-state index < -0.39 is 0 Å². The monoisotopic (exact) mass is 240 g/mol. The molecule has 2 aromatic carbocycles. The molecule has 0 spiro atoms. The minimum Gasteiger partial charge on any atom is -0.0683 e. The predicted octanol–water partition coefficient (Wildman–Crippen LogP) is 5.23. The number of rotatable bonds is 2. The molecular formula is C18H24. The van der Waals surface area contributed by atoms with Crippen LogP contribution >= 0.6 is 0 Å². The van der Waals surface area contributed by atoms with Gasteiger partial charge in [-0.25, -0.2) is 0 Å². The first kappa shape index (κ1) is 14.5. The van der Waals surface area contributed by atoms with Gasteiger partial charge in [0.15, 0.2) is 0 Å². The highest BCUT2D eigenvalue weighted by atomic mass is 14.1. The van der Waals surface area contributed by atoms with Crippen LogP contribution in [0.1, 0.15) is 41.7 Å². The highest BCUT2D eigenvalue weighted by Crippen LogP contribution is 2.17. The molecule has 0 amide bonds. The highest BCUT2D eigenvalue weighted by Gasteiger charge is 2.02. The minimum atomic E-state index is 1.04. The molecule has 0 aliphatic carbocycles. The molecule has 0 radical (unpaired) electrons. The van der Waals surface area contributed by atoms with E-state index in [2.05, 4.69) is 63.2 Å². The predicted molar refractivity (Wildman–Crippen MR) is 81.2 cm³/mol. The smallest absolute Gasteiger partial charge is 0.00205 e. The van der Waals surface area contributed by atoms with E-state index in [1.54, 1.807) is 0 Å². The molecular weight excluding hydrogens is 216 g/mol. The fourth-order valence-corrected chi connectivity index (χ4v) is 2.06. The largest absolute Gasteiger partial charge is 0.0683 e. The lowest BCUT2D eigenvalue weighted by Crippen LogP contribution is -1.94. The normalized spacial score (nSPS) is 9.61. The Kier molecular flexibility index (Phi) is 5.64. The van der Waals surface area contributed by atoms with Gasteiger partial charge >= 0.3 is 0 Å². The summed E-state index contributed by atoms with van der Waals surface area (Å²) >= 11 is 0. The Morgan fingerprint density at radius 3 is 1.94 bits per heavy atom. The van der Waals surface area contributed by atoms with Crippen molar-refractivity contribution in [2.45, 2.75) is 41.0 Å². The van der Waals surface area contributed by atoms with Crippen molar-refractivity contribution in [3.05, 3.63) is 70.3 Å². The molecule has 0 heterocycles. The van der Waals surface area contributed by atoms with Crippen LogP contribution < -0.4 is 0 Å². The van der Waals surface area contributed by atoms with Crippen molar-refractivity contribution >= 4 is 0 Å². The summed E-state index contributed by atoms with van der Waals surface area (Å²) in [6, 6.07) is 15.3. The maximum atomic E-state index is 2.26. The van der Waals surface area contributed by atoms with Crippen molar-refractivity contribution in [3.63, 3.8) is 0 Å². The molecule has 2 aromatic rings. The minimum absolute atomic E-state index is 1.04. The summed E-state index contributed by atoms with van der Waals surface area (Å²) in [6.45, 7) is 10.5. The van der Waals surface area contributed by atoms with E-state index in [1.165, 1.54) is 27.8 Å². The lowest BCUT2D eigenvalue weighted by Gasteiger charge is -2.09. The number of aryl methyl sites for hydroxylation is 3. The summed E-state index contributed by atoms with van der Waals surface area (Å²) in [5.74, 6) is 0. The first-order valence-corrected chi connectivity index (χ1v) is 6.77. The molecule has 0 N–H and O–H groups in total. The van der Waals surface area contributed by atoms with Gasteiger partial charge in [0.05, 0.1) is 0 Å². The molecule has 0 saturated heterocycles. The van der Waals surface area contributed by atoms with E-state index in [4.69, 9.17) is 0 Å². The van der Waals surface area contributed by atoms with Gasteiger partial charge in [0.25, 0.3) is 0 Å². The maximum Gasteiger partial charge on any atom is -0.00205 e. The van der Waals surface area contributed by atoms with Crippen LogP contribution in [-0.2, 0) is 6.42 Å². The Labute approximate surface area is 112 Å². The summed E-state index contributed by atoms with van der Waals surface area (Å²) in [5, 5.41) is 0. The SMILES string of the molecule is CC.Cc1ccc(Cc2ccccc2C)c(C)c1. The van der Waals surface area contributed by atoms with Crippen molar-refractivity contribution in [1.82, 2.24) is 0 Å². The molecule has 0 aliphatic heterocycles. The van der Waals surface area contributed by atoms with Crippen LogP contribution in [-0.4, -0.2) is 0 Å². The quantitative estimate of drug-likeness (QED) is 0.674. The lowest BCUT2D eigenvalue weighted by molar-refractivity contribution is 1.12. The van der Waals surface area contributed by atoms with E-state index in [9.17, 15) is 0 Å². The Morgan fingerprint density at radius 2 is 1.33 bits per heavy atom. The van der Waals surface area contributed by atoms with Crippen molar-refractivity contribution < 1.29 is 0 Å². The highest BCUT2D eigenvalue weighted by molar-refractivity contribution is 5.37. The molecule has 0 bridgehead atoms. The third-order valence-corrected chi connectivity index (χ3v) is 3.14. The Balaban J connectivity index is 0.000000771. The van der Waals surface area contributed by atoms with Crippen molar-refractivity contribution in [2.24, 2.45) is 0 Å². The van der Waals surface area contributed by atoms with Crippen molar-refractivity contribution in [1.29, 1.82) is 0 Å². The first-order chi connectivity index (χ1) is 8.66. The van der Waals surface area contributed by atoms with Gasteiger partial charge in [-0.1, -0.05) is 61.9 Å². The molecule has 0 aromatic heterocycles. The van der Waals surface area contributed by atoms with E-state index in [1.807, 2.05) is 13.8 Å². The second-order valence-electron chi connectivity index (χ2n) is 4.53. The molecule has 0 unspecified atom stereocenters. The summed E-state index contributed by atoms with van der Waals surface area (Å²) < 4.78 is 0. The molecule has 0 atom stereocenters. The van der Waals surface area contributed by atoms with Gasteiger partial charge in [-0.15, -0.1) is 0 Å². The number of benzene rings is 2. The van der Waals surface area contributed by atoms with Crippen molar-refractivity contribution in [3.8, 4) is 0 Å². The second-order valence-corrected chi connectivity index (χ2v) is 4.53. The van der Waals surface area contributed by atoms with Gasteiger partial charge in [-0.05, 0) is 49.4 Å². The lowest BCUT2D eigenvalue weighted by atomic mass is 9.96. The Hall–Kier alpha value is -1.56. The van der Waals surface area contributed by atoms with Crippen LogP contribution in [0.5, 0.6) is 0 Å². The van der Waals surface area contributed by atoms with Gasteiger partial charge in [0.1, 0.15) is 0 Å². The standard InChI is InChI=1S/C16H18.C2H6/c1-12-8-9-16(14(3)10-12)11-15-7-5-4-6-13(15)2;1-2/h4-10H,11H2,1-3H3;1-2H3. The number of hydrogen-bond donors (Lipinski definition) is 0. The van der Waals surface area contributed by atoms with E-state index in [-0.39, 0.29) is 0 Å². The second kappa shape index (κ2) is 7.00. The molecule has 0 fully saturated rings. The van der Waals surface area contributed by atoms with E-state index >= 15 is 0 Å². The van der Waals surface area contributed by atoms with E-state index in [0.717, 1.165) is 6.42 Å². The summed E-state index contributed by atoms with van der Waals surface area (Å²) in [6.07, 6.45) is 1.04. The average molecular weight is 240 g/mol. The third kappa shape index (κ3) is 3.73. The Morgan fingerprint density at radius 1 is 0.722 bits per heavy atom. The van der Waals surface area contributed by atoms with Gasteiger partial charge < -0.3 is 0 Å². The summed E-state index contributed by atoms with van der Waals surface area (Å²) in [5.41, 5.74) is 6.96. The zero-order valence-corrected chi connectivity index (χ0v) is 12.2. The van der Waals surface area contributed by atoms with Crippen LogP contribution in [0.2, 0.25) is 0 Å². The van der Waals surface area contributed by atoms with Crippen LogP contribution in [0.15, 0.2) is 42.5 Å². The first-order valence-electron chi connectivity index (χ1n) is 6.77. The summed E-state index contributed by atoms with van der Waals surface area (Å²) in [4.78, 5) is 0. The zero-order chi connectivity index (χ0) is 13.5. The van der Waals surface area contributed by atoms with Gasteiger partial charge in [0, 0.05) is 0 Å². The molecule has 0 heteroatoms. The average Bonchev–Trinajstić information content (AvgIpc) is 2.38. The van der Waals surface area contributed by atoms with Crippen LogP contribution in [0.3, 0.4) is 0 Å². The van der Waals surface area contributed by atoms with Gasteiger partial charge in [-0.2, -0.15) is 0 Å². The molecule has 2 rings (SSSR count). The molecule has 0 nitrogen and oxygen atoms in total. The molecule has 18 heavy (non-hydrogen) atoms. The topological polar surface area (TPSA) is 0 Å². The number of hydrogen-bond acceptors (Lipinski definition) is 0. The molecule has 0 aliphatic rings. The van der Waals surface area contributed by atoms with Gasteiger partial charge in [-0.3, -0.25) is 0 Å². The van der Waals surface area contributed by atoms with Crippen LogP contribution in [0.4, 0.5) is 0 Å². The van der Waals surface area contributed by atoms with Crippen molar-refractivity contribution in [2.75, 3.05) is 0 Å². The van der Waals surface area contributed by atoms with Gasteiger partial charge in [0.2, 0.25) is 0 Å². The molecule has 0 saturated carbocycles. The molecule has 96 valence electrons.